The van der Waals surface area contributed by atoms with Crippen LogP contribution in [0.1, 0.15) is 10.6 Å². The number of carbonyl (C=O) groups excluding carboxylic acids is 1. The van der Waals surface area contributed by atoms with Gasteiger partial charge < -0.3 is 19.2 Å². The van der Waals surface area contributed by atoms with Gasteiger partial charge in [-0.05, 0) is 24.3 Å². The van der Waals surface area contributed by atoms with Crippen LogP contribution in [0, 0.1) is 0 Å². The van der Waals surface area contributed by atoms with Crippen molar-refractivity contribution in [3.63, 3.8) is 0 Å². The quantitative estimate of drug-likeness (QED) is 0.800. The fourth-order valence-electron chi connectivity index (χ4n) is 2.41. The number of oxazole rings is 1. The number of fused-ring (bicyclic) bond motifs is 1. The molecule has 6 nitrogen and oxygen atoms in total. The lowest BCUT2D eigenvalue weighted by atomic mass is 10.2. The van der Waals surface area contributed by atoms with Gasteiger partial charge in [-0.25, -0.2) is 4.98 Å². The molecule has 3 aromatic rings. The fraction of sp³-hybridized carbons (Fsp3) is 0.111. The van der Waals surface area contributed by atoms with Crippen molar-refractivity contribution in [3.05, 3.63) is 60.5 Å². The van der Waals surface area contributed by atoms with Crippen molar-refractivity contribution in [2.45, 2.75) is 0 Å². The Bertz CT molecular complexity index is 874. The van der Waals surface area contributed by atoms with Crippen LogP contribution in [-0.2, 0) is 0 Å². The topological polar surface area (TPSA) is 73.6 Å². The standard InChI is InChI=1S/C18H14N2O4/c21-17(16-11-19-18(24-16)12-4-2-1-3-5-12)20-13-6-7-14-15(10-13)23-9-8-22-14/h1-7,10-11H,8-9H2,(H,20,21). The smallest absolute Gasteiger partial charge is 0.293 e. The van der Waals surface area contributed by atoms with E-state index in [2.05, 4.69) is 10.3 Å². The number of anilines is 1. The van der Waals surface area contributed by atoms with Crippen molar-refractivity contribution < 1.29 is 18.7 Å². The van der Waals surface area contributed by atoms with E-state index < -0.39 is 0 Å². The summed E-state index contributed by atoms with van der Waals surface area (Å²) in [7, 11) is 0. The molecule has 0 saturated heterocycles. The molecule has 0 atom stereocenters. The Hall–Kier alpha value is -3.28. The van der Waals surface area contributed by atoms with E-state index in [0.717, 1.165) is 5.56 Å². The summed E-state index contributed by atoms with van der Waals surface area (Å²) < 4.78 is 16.5. The van der Waals surface area contributed by atoms with Crippen LogP contribution in [0.5, 0.6) is 11.5 Å². The first-order valence-corrected chi connectivity index (χ1v) is 7.52. The Morgan fingerprint density at radius 1 is 1.00 bits per heavy atom. The molecule has 0 radical (unpaired) electrons. The average molecular weight is 322 g/mol. The van der Waals surface area contributed by atoms with Crippen molar-refractivity contribution >= 4 is 11.6 Å². The summed E-state index contributed by atoms with van der Waals surface area (Å²) in [5, 5.41) is 2.76. The number of ether oxygens (including phenoxy) is 2. The molecule has 0 spiro atoms. The number of hydrogen-bond donors (Lipinski definition) is 1. The number of nitrogens with zero attached hydrogens (tertiary/aromatic N) is 1. The lowest BCUT2D eigenvalue weighted by Crippen LogP contribution is -2.16. The first-order chi connectivity index (χ1) is 11.8. The van der Waals surface area contributed by atoms with Gasteiger partial charge in [0.05, 0.1) is 6.20 Å². The predicted octanol–water partition coefficient (Wildman–Crippen LogP) is 3.37. The molecule has 24 heavy (non-hydrogen) atoms. The van der Waals surface area contributed by atoms with Crippen molar-refractivity contribution in [2.75, 3.05) is 18.5 Å². The number of amides is 1. The molecule has 4 rings (SSSR count). The van der Waals surface area contributed by atoms with Crippen molar-refractivity contribution in [3.8, 4) is 23.0 Å². The van der Waals surface area contributed by atoms with E-state index in [0.29, 0.717) is 36.3 Å². The van der Waals surface area contributed by atoms with Crippen molar-refractivity contribution in [2.24, 2.45) is 0 Å². The molecule has 120 valence electrons. The monoisotopic (exact) mass is 322 g/mol. The zero-order valence-electron chi connectivity index (χ0n) is 12.7. The van der Waals surface area contributed by atoms with E-state index in [9.17, 15) is 4.79 Å². The van der Waals surface area contributed by atoms with E-state index in [4.69, 9.17) is 13.9 Å². The van der Waals surface area contributed by atoms with Gasteiger partial charge in [0.15, 0.2) is 11.5 Å². The van der Waals surface area contributed by atoms with E-state index in [1.165, 1.54) is 6.20 Å². The maximum atomic E-state index is 12.3. The van der Waals surface area contributed by atoms with Crippen molar-refractivity contribution in [1.29, 1.82) is 0 Å². The summed E-state index contributed by atoms with van der Waals surface area (Å²) in [5.74, 6) is 1.46. The van der Waals surface area contributed by atoms with E-state index in [1.54, 1.807) is 18.2 Å². The fourth-order valence-corrected chi connectivity index (χ4v) is 2.41. The largest absolute Gasteiger partial charge is 0.486 e. The highest BCUT2D eigenvalue weighted by molar-refractivity contribution is 6.02. The van der Waals surface area contributed by atoms with Crippen LogP contribution in [0.4, 0.5) is 5.69 Å². The molecular formula is C18H14N2O4. The molecule has 1 aliphatic rings. The van der Waals surface area contributed by atoms with Crippen LogP contribution in [0.2, 0.25) is 0 Å². The van der Waals surface area contributed by atoms with Crippen LogP contribution < -0.4 is 14.8 Å². The number of rotatable bonds is 3. The highest BCUT2D eigenvalue weighted by Crippen LogP contribution is 2.32. The molecule has 1 N–H and O–H groups in total. The third-order valence-electron chi connectivity index (χ3n) is 3.55. The molecular weight excluding hydrogens is 308 g/mol. The molecule has 0 aliphatic carbocycles. The number of carbonyl (C=O) groups is 1. The summed E-state index contributed by atoms with van der Waals surface area (Å²) in [6, 6.07) is 14.6. The van der Waals surface area contributed by atoms with Gasteiger partial charge in [-0.2, -0.15) is 0 Å². The summed E-state index contributed by atoms with van der Waals surface area (Å²) >= 11 is 0. The molecule has 0 bridgehead atoms. The van der Waals surface area contributed by atoms with Gasteiger partial charge >= 0.3 is 0 Å². The van der Waals surface area contributed by atoms with Gasteiger partial charge in [0.1, 0.15) is 13.2 Å². The number of nitrogens with one attached hydrogen (secondary N) is 1. The Labute approximate surface area is 138 Å². The molecule has 2 heterocycles. The van der Waals surface area contributed by atoms with E-state index >= 15 is 0 Å². The number of benzene rings is 2. The minimum atomic E-state index is -0.374. The Balaban J connectivity index is 1.51. The summed E-state index contributed by atoms with van der Waals surface area (Å²) in [6.45, 7) is 1.02. The van der Waals surface area contributed by atoms with Gasteiger partial charge in [-0.1, -0.05) is 18.2 Å². The van der Waals surface area contributed by atoms with Crippen LogP contribution in [-0.4, -0.2) is 24.1 Å². The van der Waals surface area contributed by atoms with Gasteiger partial charge in [0.2, 0.25) is 11.7 Å². The first kappa shape index (κ1) is 14.3. The maximum absolute atomic E-state index is 12.3. The van der Waals surface area contributed by atoms with Crippen LogP contribution >= 0.6 is 0 Å². The molecule has 1 aliphatic heterocycles. The molecule has 1 amide bonds. The second kappa shape index (κ2) is 6.08. The summed E-state index contributed by atoms with van der Waals surface area (Å²) in [4.78, 5) is 16.5. The lowest BCUT2D eigenvalue weighted by molar-refractivity contribution is 0.0997. The predicted molar refractivity (Wildman–Crippen MR) is 87.3 cm³/mol. The SMILES string of the molecule is O=C(Nc1ccc2c(c1)OCCO2)c1cnc(-c2ccccc2)o1. The lowest BCUT2D eigenvalue weighted by Gasteiger charge is -2.18. The van der Waals surface area contributed by atoms with E-state index in [1.807, 2.05) is 30.3 Å². The Kier molecular flexibility index (Phi) is 3.63. The highest BCUT2D eigenvalue weighted by atomic mass is 16.6. The normalized spacial score (nSPS) is 12.7. The zero-order valence-corrected chi connectivity index (χ0v) is 12.7. The van der Waals surface area contributed by atoms with Gasteiger partial charge in [0.25, 0.3) is 5.91 Å². The third kappa shape index (κ3) is 2.81. The van der Waals surface area contributed by atoms with Crippen LogP contribution in [0.15, 0.2) is 59.1 Å². The van der Waals surface area contributed by atoms with Gasteiger partial charge in [-0.15, -0.1) is 0 Å². The van der Waals surface area contributed by atoms with Crippen LogP contribution in [0.3, 0.4) is 0 Å². The molecule has 6 heteroatoms. The zero-order chi connectivity index (χ0) is 16.4. The summed E-state index contributed by atoms with van der Waals surface area (Å²) in [6.07, 6.45) is 1.41. The first-order valence-electron chi connectivity index (χ1n) is 7.52. The number of aromatic nitrogens is 1. The summed E-state index contributed by atoms with van der Waals surface area (Å²) in [5.41, 5.74) is 1.41. The van der Waals surface area contributed by atoms with E-state index in [-0.39, 0.29) is 11.7 Å². The molecule has 0 unspecified atom stereocenters. The number of hydrogen-bond acceptors (Lipinski definition) is 5. The third-order valence-corrected chi connectivity index (χ3v) is 3.55. The minimum Gasteiger partial charge on any atom is -0.486 e. The minimum absolute atomic E-state index is 0.142. The maximum Gasteiger partial charge on any atom is 0.293 e. The second-order valence-electron chi connectivity index (χ2n) is 5.21. The van der Waals surface area contributed by atoms with Crippen molar-refractivity contribution in [1.82, 2.24) is 4.98 Å². The Morgan fingerprint density at radius 2 is 1.79 bits per heavy atom. The molecule has 2 aromatic carbocycles. The Morgan fingerprint density at radius 3 is 2.62 bits per heavy atom. The molecule has 0 saturated carbocycles. The van der Waals surface area contributed by atoms with Crippen LogP contribution in [0.25, 0.3) is 11.5 Å². The van der Waals surface area contributed by atoms with Gasteiger partial charge in [-0.3, -0.25) is 4.79 Å². The molecule has 1 aromatic heterocycles. The second-order valence-corrected chi connectivity index (χ2v) is 5.21. The average Bonchev–Trinajstić information content (AvgIpc) is 3.13. The molecule has 0 fully saturated rings. The highest BCUT2D eigenvalue weighted by Gasteiger charge is 2.16. The van der Waals surface area contributed by atoms with Gasteiger partial charge in [0, 0.05) is 17.3 Å².